The van der Waals surface area contributed by atoms with Gasteiger partial charge in [0.2, 0.25) is 0 Å². The Morgan fingerprint density at radius 2 is 2.38 bits per heavy atom. The molecule has 76 valence electrons. The van der Waals surface area contributed by atoms with E-state index in [2.05, 4.69) is 13.8 Å². The van der Waals surface area contributed by atoms with Gasteiger partial charge < -0.3 is 4.74 Å². The van der Waals surface area contributed by atoms with E-state index in [1.54, 1.807) is 0 Å². The Balaban J connectivity index is 2.08. The lowest BCUT2D eigenvalue weighted by atomic mass is 10.1. The fourth-order valence-electron chi connectivity index (χ4n) is 1.80. The van der Waals surface area contributed by atoms with Crippen LogP contribution >= 0.6 is 0 Å². The minimum atomic E-state index is 0.229. The fourth-order valence-corrected chi connectivity index (χ4v) is 1.80. The number of carbonyl (C=O) groups is 1. The average Bonchev–Trinajstić information content (AvgIpc) is 2.49. The number of ether oxygens (including phenoxy) is 1. The second kappa shape index (κ2) is 5.38. The molecule has 0 saturated heterocycles. The van der Waals surface area contributed by atoms with Gasteiger partial charge in [-0.1, -0.05) is 20.3 Å². The van der Waals surface area contributed by atoms with Gasteiger partial charge in [-0.15, -0.1) is 0 Å². The molecule has 0 aromatic heterocycles. The first-order valence-corrected chi connectivity index (χ1v) is 5.35. The van der Waals surface area contributed by atoms with Crippen molar-refractivity contribution >= 4 is 5.78 Å². The molecule has 1 aliphatic rings. The highest BCUT2D eigenvalue weighted by Crippen LogP contribution is 2.19. The van der Waals surface area contributed by atoms with Crippen LogP contribution in [0, 0.1) is 5.92 Å². The molecule has 2 heteroatoms. The molecule has 2 nitrogen and oxygen atoms in total. The molecule has 0 N–H and O–H groups in total. The molecule has 1 fully saturated rings. The van der Waals surface area contributed by atoms with E-state index >= 15 is 0 Å². The zero-order valence-electron chi connectivity index (χ0n) is 8.71. The molecule has 13 heavy (non-hydrogen) atoms. The lowest BCUT2D eigenvalue weighted by Gasteiger charge is -2.14. The second-order valence-corrected chi connectivity index (χ2v) is 4.13. The maximum atomic E-state index is 10.9. The summed E-state index contributed by atoms with van der Waals surface area (Å²) in [4.78, 5) is 10.9. The first-order valence-electron chi connectivity index (χ1n) is 5.35. The molecule has 0 aromatic carbocycles. The fraction of sp³-hybridized carbons (Fsp3) is 0.909. The quantitative estimate of drug-likeness (QED) is 0.656. The van der Waals surface area contributed by atoms with Crippen LogP contribution in [0.25, 0.3) is 0 Å². The van der Waals surface area contributed by atoms with Gasteiger partial charge in [0.25, 0.3) is 0 Å². The van der Waals surface area contributed by atoms with Gasteiger partial charge >= 0.3 is 0 Å². The molecule has 1 saturated carbocycles. The molecule has 1 aliphatic carbocycles. The second-order valence-electron chi connectivity index (χ2n) is 4.13. The molecule has 0 bridgehead atoms. The van der Waals surface area contributed by atoms with Crippen molar-refractivity contribution in [2.45, 2.75) is 52.1 Å². The van der Waals surface area contributed by atoms with E-state index in [1.165, 1.54) is 12.8 Å². The molecule has 0 aromatic rings. The van der Waals surface area contributed by atoms with E-state index in [-0.39, 0.29) is 6.10 Å². The SMILES string of the molecule is CCCC(C)COC1CCC(=O)C1. The Hall–Kier alpha value is -0.370. The standard InChI is InChI=1S/C11H20O2/c1-3-4-9(2)8-13-11-6-5-10(12)7-11/h9,11H,3-8H2,1-2H3. The zero-order valence-corrected chi connectivity index (χ0v) is 8.71. The summed E-state index contributed by atoms with van der Waals surface area (Å²) in [5.41, 5.74) is 0. The minimum absolute atomic E-state index is 0.229. The number of carbonyl (C=O) groups excluding carboxylic acids is 1. The Bertz CT molecular complexity index is 165. The predicted octanol–water partition coefficient (Wildman–Crippen LogP) is 2.56. The lowest BCUT2D eigenvalue weighted by Crippen LogP contribution is -2.14. The number of rotatable bonds is 5. The molecule has 0 spiro atoms. The van der Waals surface area contributed by atoms with Crippen molar-refractivity contribution < 1.29 is 9.53 Å². The number of Topliss-reactive ketones (excluding diaryl/α,β-unsaturated/α-hetero) is 1. The summed E-state index contributed by atoms with van der Waals surface area (Å²) in [7, 11) is 0. The highest BCUT2D eigenvalue weighted by atomic mass is 16.5. The van der Waals surface area contributed by atoms with Gasteiger partial charge in [0.1, 0.15) is 5.78 Å². The Morgan fingerprint density at radius 3 is 2.92 bits per heavy atom. The third kappa shape index (κ3) is 3.90. The highest BCUT2D eigenvalue weighted by Gasteiger charge is 2.22. The summed E-state index contributed by atoms with van der Waals surface area (Å²) in [5.74, 6) is 1.01. The van der Waals surface area contributed by atoms with E-state index in [0.717, 1.165) is 19.4 Å². The number of ketones is 1. The summed E-state index contributed by atoms with van der Waals surface area (Å²) in [6.07, 6.45) is 4.99. The van der Waals surface area contributed by atoms with Gasteiger partial charge in [-0.05, 0) is 18.8 Å². The number of hydrogen-bond acceptors (Lipinski definition) is 2. The van der Waals surface area contributed by atoms with Crippen LogP contribution in [-0.2, 0) is 9.53 Å². The van der Waals surface area contributed by atoms with E-state index in [9.17, 15) is 4.79 Å². The van der Waals surface area contributed by atoms with Crippen molar-refractivity contribution in [3.63, 3.8) is 0 Å². The predicted molar refractivity (Wildman–Crippen MR) is 52.7 cm³/mol. The smallest absolute Gasteiger partial charge is 0.135 e. The number of hydrogen-bond donors (Lipinski definition) is 0. The summed E-state index contributed by atoms with van der Waals surface area (Å²) in [5, 5.41) is 0. The van der Waals surface area contributed by atoms with Gasteiger partial charge in [-0.25, -0.2) is 0 Å². The molecular weight excluding hydrogens is 164 g/mol. The summed E-state index contributed by atoms with van der Waals surface area (Å²) in [6.45, 7) is 5.22. The van der Waals surface area contributed by atoms with Crippen LogP contribution in [-0.4, -0.2) is 18.5 Å². The summed E-state index contributed by atoms with van der Waals surface area (Å²) >= 11 is 0. The van der Waals surface area contributed by atoms with Gasteiger partial charge in [0, 0.05) is 19.4 Å². The van der Waals surface area contributed by atoms with E-state index in [4.69, 9.17) is 4.74 Å². The molecule has 0 radical (unpaired) electrons. The monoisotopic (exact) mass is 184 g/mol. The lowest BCUT2D eigenvalue weighted by molar-refractivity contribution is -0.118. The molecule has 0 aliphatic heterocycles. The van der Waals surface area contributed by atoms with Crippen LogP contribution in [0.1, 0.15) is 46.0 Å². The summed E-state index contributed by atoms with van der Waals surface area (Å²) < 4.78 is 5.67. The van der Waals surface area contributed by atoms with Crippen LogP contribution in [0.4, 0.5) is 0 Å². The van der Waals surface area contributed by atoms with Crippen molar-refractivity contribution in [3.05, 3.63) is 0 Å². The van der Waals surface area contributed by atoms with Gasteiger partial charge in [0.15, 0.2) is 0 Å². The van der Waals surface area contributed by atoms with Crippen LogP contribution in [0.15, 0.2) is 0 Å². The van der Waals surface area contributed by atoms with Crippen molar-refractivity contribution in [3.8, 4) is 0 Å². The van der Waals surface area contributed by atoms with Crippen LogP contribution in [0.2, 0.25) is 0 Å². The molecule has 1 rings (SSSR count). The van der Waals surface area contributed by atoms with E-state index < -0.39 is 0 Å². The van der Waals surface area contributed by atoms with E-state index in [0.29, 0.717) is 18.1 Å². The average molecular weight is 184 g/mol. The maximum absolute atomic E-state index is 10.9. The summed E-state index contributed by atoms with van der Waals surface area (Å²) in [6, 6.07) is 0. The molecule has 2 unspecified atom stereocenters. The van der Waals surface area contributed by atoms with E-state index in [1.807, 2.05) is 0 Å². The Morgan fingerprint density at radius 1 is 1.62 bits per heavy atom. The van der Waals surface area contributed by atoms with Gasteiger partial charge in [0.05, 0.1) is 6.10 Å². The van der Waals surface area contributed by atoms with Crippen LogP contribution < -0.4 is 0 Å². The third-order valence-corrected chi connectivity index (χ3v) is 2.60. The van der Waals surface area contributed by atoms with Gasteiger partial charge in [-0.3, -0.25) is 4.79 Å². The molecule has 0 amide bonds. The van der Waals surface area contributed by atoms with Crippen LogP contribution in [0.5, 0.6) is 0 Å². The normalized spacial score (nSPS) is 25.1. The van der Waals surface area contributed by atoms with Crippen LogP contribution in [0.3, 0.4) is 0 Å². The molecular formula is C11H20O2. The third-order valence-electron chi connectivity index (χ3n) is 2.60. The highest BCUT2D eigenvalue weighted by molar-refractivity contribution is 5.81. The topological polar surface area (TPSA) is 26.3 Å². The Kier molecular flexibility index (Phi) is 4.43. The van der Waals surface area contributed by atoms with Gasteiger partial charge in [-0.2, -0.15) is 0 Å². The molecule has 2 atom stereocenters. The van der Waals surface area contributed by atoms with Crippen molar-refractivity contribution in [1.82, 2.24) is 0 Å². The zero-order chi connectivity index (χ0) is 9.68. The first kappa shape index (κ1) is 10.7. The Labute approximate surface area is 80.7 Å². The molecule has 0 heterocycles. The minimum Gasteiger partial charge on any atom is -0.377 e. The van der Waals surface area contributed by atoms with Crippen molar-refractivity contribution in [2.75, 3.05) is 6.61 Å². The van der Waals surface area contributed by atoms with Crippen molar-refractivity contribution in [1.29, 1.82) is 0 Å². The van der Waals surface area contributed by atoms with Crippen molar-refractivity contribution in [2.24, 2.45) is 5.92 Å². The largest absolute Gasteiger partial charge is 0.377 e. The first-order chi connectivity index (χ1) is 6.22. The maximum Gasteiger partial charge on any atom is 0.135 e.